The van der Waals surface area contributed by atoms with E-state index < -0.39 is 114 Å². The number of ether oxygens (including phenoxy) is 3. The van der Waals surface area contributed by atoms with Gasteiger partial charge in [-0.2, -0.15) is 0 Å². The molecular weight excluding hydrogens is 514 g/mol. The zero-order valence-corrected chi connectivity index (χ0v) is 20.8. The maximum absolute atomic E-state index is 13.8. The number of phenols is 2. The summed E-state index contributed by atoms with van der Waals surface area (Å²) < 4.78 is 39.0. The van der Waals surface area contributed by atoms with E-state index in [9.17, 15) is 40.2 Å². The fraction of sp³-hybridized carbons (Fsp3) is 0.481. The Balaban J connectivity index is 1.68. The number of aliphatic hydroxyl groups excluding tert-OH is 3. The molecule has 0 bridgehead atoms. The number of carbonyl (C=O) groups is 2. The highest BCUT2D eigenvalue weighted by molar-refractivity contribution is 6.31. The first kappa shape index (κ1) is 23.8. The molecule has 8 N–H and O–H groups in total. The zero-order valence-electron chi connectivity index (χ0n) is 23.8. The van der Waals surface area contributed by atoms with Gasteiger partial charge < -0.3 is 50.6 Å². The van der Waals surface area contributed by atoms with Crippen LogP contribution in [0.15, 0.2) is 18.2 Å². The molecule has 1 aliphatic heterocycles. The number of nitrogens with two attached hydrogens (primary N) is 1. The Hall–Kier alpha value is -3.10. The smallest absolute Gasteiger partial charge is 0.202 e. The van der Waals surface area contributed by atoms with E-state index in [1.165, 1.54) is 18.2 Å². The van der Waals surface area contributed by atoms with Crippen molar-refractivity contribution in [3.8, 4) is 17.2 Å². The first-order chi connectivity index (χ1) is 19.6. The number of benzene rings is 2. The third-order valence-electron chi connectivity index (χ3n) is 7.86. The molecule has 12 heteroatoms. The van der Waals surface area contributed by atoms with Crippen molar-refractivity contribution in [1.29, 1.82) is 0 Å². The summed E-state index contributed by atoms with van der Waals surface area (Å²) in [5, 5.41) is 64.6. The van der Waals surface area contributed by atoms with Crippen LogP contribution < -0.4 is 10.5 Å². The molecule has 2 aromatic rings. The minimum atomic E-state index is -2.97. The Morgan fingerprint density at radius 2 is 1.92 bits per heavy atom. The lowest BCUT2D eigenvalue weighted by atomic mass is 9.71. The van der Waals surface area contributed by atoms with Crippen LogP contribution in [-0.4, -0.2) is 92.1 Å². The quantitative estimate of drug-likeness (QED) is 0.207. The fourth-order valence-electron chi connectivity index (χ4n) is 5.76. The van der Waals surface area contributed by atoms with Crippen LogP contribution >= 0.6 is 0 Å². The molecule has 5 rings (SSSR count). The van der Waals surface area contributed by atoms with Gasteiger partial charge in [-0.25, -0.2) is 0 Å². The van der Waals surface area contributed by atoms with Crippen molar-refractivity contribution in [1.82, 2.24) is 0 Å². The molecule has 6 unspecified atom stereocenters. The number of rotatable bonds is 5. The topological polar surface area (TPSA) is 209 Å². The number of ketones is 2. The molecule has 0 amide bonds. The Labute approximate surface area is 227 Å². The van der Waals surface area contributed by atoms with Crippen molar-refractivity contribution in [2.45, 2.75) is 68.5 Å². The van der Waals surface area contributed by atoms with Crippen LogP contribution in [0.5, 0.6) is 17.2 Å². The van der Waals surface area contributed by atoms with E-state index in [4.69, 9.17) is 24.1 Å². The Morgan fingerprint density at radius 1 is 1.21 bits per heavy atom. The average Bonchev–Trinajstić information content (AvgIpc) is 2.90. The number of methoxy groups -OCH3 is 1. The number of hydrogen-bond donors (Lipinski definition) is 7. The van der Waals surface area contributed by atoms with Crippen LogP contribution in [0.2, 0.25) is 0 Å². The highest BCUT2D eigenvalue weighted by atomic mass is 16.7. The van der Waals surface area contributed by atoms with Gasteiger partial charge in [0.2, 0.25) is 5.78 Å². The van der Waals surface area contributed by atoms with Gasteiger partial charge in [-0.1, -0.05) is 12.1 Å². The van der Waals surface area contributed by atoms with Gasteiger partial charge in [0.05, 0.1) is 58.4 Å². The number of hydrogen-bond acceptors (Lipinski definition) is 12. The lowest BCUT2D eigenvalue weighted by Gasteiger charge is -2.44. The summed E-state index contributed by atoms with van der Waals surface area (Å²) in [4.78, 5) is 27.4. The van der Waals surface area contributed by atoms with E-state index in [1.54, 1.807) is 6.92 Å². The van der Waals surface area contributed by atoms with E-state index in [2.05, 4.69) is 0 Å². The Kier molecular flexibility index (Phi) is 5.98. The maximum Gasteiger partial charge on any atom is 0.202 e. The maximum atomic E-state index is 13.8. The van der Waals surface area contributed by atoms with Gasteiger partial charge in [0.15, 0.2) is 12.1 Å². The van der Waals surface area contributed by atoms with E-state index in [0.717, 1.165) is 0 Å². The SMILES string of the molecule is [2H]C([2H])([2H])Oc1cccc2c1C(=O)c1c(O)c3c(c(O)c1C2=O)C[C@@](O)(C(O)CO)CC3OC1CC(N)C(O)C(C)O1. The summed E-state index contributed by atoms with van der Waals surface area (Å²) in [6.07, 6.45) is -7.00. The third kappa shape index (κ3) is 4.19. The summed E-state index contributed by atoms with van der Waals surface area (Å²) in [7, 11) is -2.97. The molecule has 0 saturated carbocycles. The lowest BCUT2D eigenvalue weighted by Crippen LogP contribution is -2.53. The molecule has 0 spiro atoms. The second kappa shape index (κ2) is 9.82. The first-order valence-corrected chi connectivity index (χ1v) is 12.4. The molecule has 2 aliphatic carbocycles. The van der Waals surface area contributed by atoms with E-state index in [0.29, 0.717) is 0 Å². The molecular formula is C27H31NO11. The Morgan fingerprint density at radius 3 is 2.59 bits per heavy atom. The minimum absolute atomic E-state index is 0.0172. The third-order valence-corrected chi connectivity index (χ3v) is 7.86. The number of aliphatic hydroxyl groups is 4. The van der Waals surface area contributed by atoms with E-state index in [1.807, 2.05) is 0 Å². The van der Waals surface area contributed by atoms with Gasteiger partial charge in [-0.3, -0.25) is 9.59 Å². The summed E-state index contributed by atoms with van der Waals surface area (Å²) in [5.41, 5.74) is 1.56. The molecule has 1 fully saturated rings. The van der Waals surface area contributed by atoms with Crippen molar-refractivity contribution < 1.29 is 58.6 Å². The van der Waals surface area contributed by atoms with Crippen molar-refractivity contribution >= 4 is 11.6 Å². The number of phenolic OH excluding ortho intramolecular Hbond substituents is 2. The molecule has 12 nitrogen and oxygen atoms in total. The van der Waals surface area contributed by atoms with Crippen LogP contribution in [0.1, 0.15) is 73.0 Å². The second-order valence-electron chi connectivity index (χ2n) is 10.2. The van der Waals surface area contributed by atoms with Crippen LogP contribution in [0.4, 0.5) is 0 Å². The second-order valence-corrected chi connectivity index (χ2v) is 10.2. The molecule has 39 heavy (non-hydrogen) atoms. The van der Waals surface area contributed by atoms with E-state index in [-0.39, 0.29) is 23.1 Å². The van der Waals surface area contributed by atoms with Crippen molar-refractivity contribution in [3.05, 3.63) is 51.6 Å². The molecule has 0 aromatic heterocycles. The molecule has 3 aliphatic rings. The molecule has 0 radical (unpaired) electrons. The summed E-state index contributed by atoms with van der Waals surface area (Å²) in [5.74, 6) is -3.91. The predicted molar refractivity (Wildman–Crippen MR) is 133 cm³/mol. The summed E-state index contributed by atoms with van der Waals surface area (Å²) in [6, 6.07) is 2.94. The van der Waals surface area contributed by atoms with Crippen molar-refractivity contribution in [3.63, 3.8) is 0 Å². The largest absolute Gasteiger partial charge is 0.507 e. The average molecular weight is 549 g/mol. The molecule has 210 valence electrons. The number of carbonyl (C=O) groups excluding carboxylic acids is 2. The van der Waals surface area contributed by atoms with Gasteiger partial charge in [0, 0.05) is 42.0 Å². The normalized spacial score (nSPS) is 32.3. The van der Waals surface area contributed by atoms with Crippen LogP contribution in [0.3, 0.4) is 0 Å². The highest BCUT2D eigenvalue weighted by Crippen LogP contribution is 2.52. The predicted octanol–water partition coefficient (Wildman–Crippen LogP) is -0.207. The van der Waals surface area contributed by atoms with Gasteiger partial charge >= 0.3 is 0 Å². The molecule has 7 atom stereocenters. The minimum Gasteiger partial charge on any atom is -0.507 e. The van der Waals surface area contributed by atoms with E-state index >= 15 is 0 Å². The monoisotopic (exact) mass is 548 g/mol. The standard InChI is InChI=1S/C27H31NO11/c1-10-22(31)13(28)6-17(38-10)39-15-8-27(36,16(30)9-29)7-12-19(15)26(35)21-20(24(12)33)23(32)11-4-3-5-14(37-2)18(11)25(21)34/h3-5,10,13,15-17,22,29-31,33,35-36H,6-9,28H2,1-2H3/t10?,13?,15?,16?,17?,22?,27-/m0/s1/i2D3. The van der Waals surface area contributed by atoms with Crippen LogP contribution in [0.25, 0.3) is 0 Å². The fourth-order valence-corrected chi connectivity index (χ4v) is 5.76. The summed E-state index contributed by atoms with van der Waals surface area (Å²) >= 11 is 0. The van der Waals surface area contributed by atoms with Crippen LogP contribution in [0, 0.1) is 0 Å². The molecule has 2 aromatic carbocycles. The Bertz CT molecular complexity index is 1440. The van der Waals surface area contributed by atoms with Crippen molar-refractivity contribution in [2.24, 2.45) is 5.73 Å². The van der Waals surface area contributed by atoms with Crippen molar-refractivity contribution in [2.75, 3.05) is 13.6 Å². The summed E-state index contributed by atoms with van der Waals surface area (Å²) in [6.45, 7) is 0.683. The molecule has 1 saturated heterocycles. The molecule has 1 heterocycles. The number of fused-ring (bicyclic) bond motifs is 3. The van der Waals surface area contributed by atoms with Gasteiger partial charge in [-0.05, 0) is 13.0 Å². The lowest BCUT2D eigenvalue weighted by molar-refractivity contribution is -0.251. The van der Waals surface area contributed by atoms with Crippen LogP contribution in [-0.2, 0) is 15.9 Å². The van der Waals surface area contributed by atoms with Gasteiger partial charge in [-0.15, -0.1) is 0 Å². The zero-order chi connectivity index (χ0) is 30.9. The number of aromatic hydroxyl groups is 2. The van der Waals surface area contributed by atoms with Gasteiger partial charge in [0.25, 0.3) is 0 Å². The highest BCUT2D eigenvalue weighted by Gasteiger charge is 2.50. The first-order valence-electron chi connectivity index (χ1n) is 13.9. The van der Waals surface area contributed by atoms with Gasteiger partial charge in [0.1, 0.15) is 23.4 Å².